The van der Waals surface area contributed by atoms with Crippen molar-refractivity contribution >= 4 is 23.9 Å². The second-order valence-electron chi connectivity index (χ2n) is 36.3. The van der Waals surface area contributed by atoms with Crippen LogP contribution in [0.1, 0.15) is 391 Å². The number of hydrogen-bond donors (Lipinski definition) is 0. The summed E-state index contributed by atoms with van der Waals surface area (Å²) in [6.07, 6.45) is 44.7. The van der Waals surface area contributed by atoms with Crippen LogP contribution < -0.4 is 9.47 Å². The molecule has 4 atom stereocenters. The molecule has 4 aliphatic heterocycles. The van der Waals surface area contributed by atoms with E-state index in [1.54, 1.807) is 0 Å². The molecule has 109 heavy (non-hydrogen) atoms. The van der Waals surface area contributed by atoms with Gasteiger partial charge < -0.3 is 47.4 Å². The van der Waals surface area contributed by atoms with E-state index >= 15 is 0 Å². The lowest BCUT2D eigenvalue weighted by Crippen LogP contribution is -2.67. The van der Waals surface area contributed by atoms with Gasteiger partial charge in [-0.25, -0.2) is 0 Å². The molecule has 4 heterocycles. The van der Waals surface area contributed by atoms with Crippen LogP contribution in [0.25, 0.3) is 0 Å². The number of unbranched alkanes of at least 4 members (excludes halogenated alkanes) is 32. The van der Waals surface area contributed by atoms with Gasteiger partial charge in [-0.15, -0.1) is 0 Å². The van der Waals surface area contributed by atoms with E-state index in [-0.39, 0.29) is 62.5 Å². The standard InChI is InChI=1S/C93H158N2O14/c1-15-19-23-27-31-35-39-43-47-51-83(96)102-67-81-69-104-92(108-81)71-87(5,6)94(88(7,8)72-92)63-79(106-85(98)53-49-45-41-37-33-29-25-21-17-3)65-100-77-59-55-75(56-60-77)91(13,14)76-57-61-78(62-58-76)101-66-80(107-86(99)54-50-46-42-38-34-30-26-22-18-4)64-95-89(9,10)73-93(74-90(95,11)12)105-70-82(109-93)68-103-84(97)52-48-44-40-36-32-28-24-20-16-2/h55-62,79-82H,15-54,63-74H2,1-14H3. The molecule has 0 saturated carbocycles. The summed E-state index contributed by atoms with van der Waals surface area (Å²) in [5, 5.41) is 0. The Hall–Kier alpha value is -4.32. The lowest BCUT2D eigenvalue weighted by atomic mass is 9.75. The highest BCUT2D eigenvalue weighted by Gasteiger charge is 2.59. The fourth-order valence-electron chi connectivity index (χ4n) is 18.0. The second kappa shape index (κ2) is 48.8. The summed E-state index contributed by atoms with van der Waals surface area (Å²) in [6, 6.07) is 16.5. The molecule has 0 amide bonds. The van der Waals surface area contributed by atoms with E-state index in [1.165, 1.54) is 154 Å². The second-order valence-corrected chi connectivity index (χ2v) is 36.3. The first-order valence-corrected chi connectivity index (χ1v) is 44.5. The lowest BCUT2D eigenvalue weighted by Gasteiger charge is -2.58. The predicted molar refractivity (Wildman–Crippen MR) is 440 cm³/mol. The van der Waals surface area contributed by atoms with Crippen molar-refractivity contribution in [1.29, 1.82) is 0 Å². The van der Waals surface area contributed by atoms with Gasteiger partial charge in [-0.2, -0.15) is 0 Å². The Bertz CT molecular complexity index is 2610. The summed E-state index contributed by atoms with van der Waals surface area (Å²) in [5.41, 5.74) is 0.0952. The number of carbonyl (C=O) groups is 4. The molecule has 0 N–H and O–H groups in total. The van der Waals surface area contributed by atoms with Crippen molar-refractivity contribution in [3.05, 3.63) is 59.7 Å². The van der Waals surface area contributed by atoms with Gasteiger partial charge in [0.05, 0.1) is 13.2 Å². The molecule has 4 unspecified atom stereocenters. The minimum Gasteiger partial charge on any atom is -0.490 e. The number of rotatable bonds is 58. The maximum Gasteiger partial charge on any atom is 0.306 e. The Morgan fingerprint density at radius 3 is 0.890 bits per heavy atom. The van der Waals surface area contributed by atoms with Gasteiger partial charge in [-0.05, 0) is 116 Å². The zero-order chi connectivity index (χ0) is 79.1. The summed E-state index contributed by atoms with van der Waals surface area (Å²) in [4.78, 5) is 58.3. The summed E-state index contributed by atoms with van der Waals surface area (Å²) in [7, 11) is 0. The summed E-state index contributed by atoms with van der Waals surface area (Å²) in [5.74, 6) is -1.04. The highest BCUT2D eigenvalue weighted by molar-refractivity contribution is 5.70. The van der Waals surface area contributed by atoms with Crippen molar-refractivity contribution in [2.45, 2.75) is 443 Å². The number of piperidine rings is 2. The first kappa shape index (κ1) is 93.5. The number of esters is 4. The van der Waals surface area contributed by atoms with Crippen LogP contribution in [0.4, 0.5) is 0 Å². The van der Waals surface area contributed by atoms with Crippen LogP contribution in [0, 0.1) is 0 Å². The third-order valence-corrected chi connectivity index (χ3v) is 23.7. The van der Waals surface area contributed by atoms with Gasteiger partial charge >= 0.3 is 23.9 Å². The molecule has 0 radical (unpaired) electrons. The molecule has 4 saturated heterocycles. The molecular formula is C93H158N2O14. The van der Waals surface area contributed by atoms with Crippen molar-refractivity contribution < 1.29 is 66.5 Å². The van der Waals surface area contributed by atoms with E-state index < -0.39 is 51.4 Å². The summed E-state index contributed by atoms with van der Waals surface area (Å²) >= 11 is 0. The van der Waals surface area contributed by atoms with Gasteiger partial charge in [0.25, 0.3) is 0 Å². The van der Waals surface area contributed by atoms with Crippen LogP contribution in [0.15, 0.2) is 48.5 Å². The largest absolute Gasteiger partial charge is 0.490 e. The van der Waals surface area contributed by atoms with Crippen LogP contribution in [0.3, 0.4) is 0 Å². The first-order valence-electron chi connectivity index (χ1n) is 44.5. The van der Waals surface area contributed by atoms with Crippen molar-refractivity contribution in [1.82, 2.24) is 9.80 Å². The molecule has 4 aliphatic rings. The molecule has 2 aromatic carbocycles. The van der Waals surface area contributed by atoms with E-state index in [9.17, 15) is 19.2 Å². The zero-order valence-electron chi connectivity index (χ0n) is 71.8. The van der Waals surface area contributed by atoms with E-state index in [1.807, 2.05) is 24.3 Å². The number of carbonyl (C=O) groups excluding carboxylic acids is 4. The van der Waals surface area contributed by atoms with Crippen molar-refractivity contribution in [3.8, 4) is 11.5 Å². The van der Waals surface area contributed by atoms with E-state index in [0.717, 1.165) is 88.2 Å². The molecule has 16 heteroatoms. The van der Waals surface area contributed by atoms with Gasteiger partial charge in [-0.3, -0.25) is 29.0 Å². The Morgan fingerprint density at radius 1 is 0.376 bits per heavy atom. The highest BCUT2D eigenvalue weighted by Crippen LogP contribution is 2.50. The number of hydrogen-bond acceptors (Lipinski definition) is 16. The minimum atomic E-state index is -0.841. The fourth-order valence-corrected chi connectivity index (χ4v) is 18.0. The average molecular weight is 1530 g/mol. The molecule has 0 bridgehead atoms. The molecule has 2 spiro atoms. The molecule has 0 aliphatic carbocycles. The van der Waals surface area contributed by atoms with Gasteiger partial charge in [0.2, 0.25) is 0 Å². The van der Waals surface area contributed by atoms with Crippen LogP contribution in [-0.2, 0) is 62.5 Å². The Labute approximate surface area is 663 Å². The normalized spacial score (nSPS) is 19.8. The molecule has 16 nitrogen and oxygen atoms in total. The number of ether oxygens (including phenoxy) is 10. The molecule has 0 aromatic heterocycles. The topological polar surface area (TPSA) is 167 Å². The maximum atomic E-state index is 13.8. The third-order valence-electron chi connectivity index (χ3n) is 23.7. The van der Waals surface area contributed by atoms with Crippen LogP contribution in [-0.4, -0.2) is 145 Å². The minimum absolute atomic E-state index is 0.170. The SMILES string of the molecule is CCCCCCCCCCCC(=O)OCC1COC2(CC(C)(C)N(CC(COc3ccc(C(C)(C)c4ccc(OCC(CN5C(C)(C)CC6(CC5(C)C)OCC(COC(=O)CCCCCCCCCCC)O6)OC(=O)CCCCCCCCCCC)cc4)cc3)OC(=O)CCCCCCCCCCC)C(C)(C)C2)O1. The van der Waals surface area contributed by atoms with Gasteiger partial charge in [-0.1, -0.05) is 271 Å². The number of likely N-dealkylation sites (tertiary alicyclic amines) is 2. The van der Waals surface area contributed by atoms with Crippen LogP contribution in [0.5, 0.6) is 11.5 Å². The predicted octanol–water partition coefficient (Wildman–Crippen LogP) is 22.9. The monoisotopic (exact) mass is 1530 g/mol. The van der Waals surface area contributed by atoms with E-state index in [2.05, 4.69) is 131 Å². The van der Waals surface area contributed by atoms with Crippen molar-refractivity contribution in [3.63, 3.8) is 0 Å². The third kappa shape index (κ3) is 34.0. The van der Waals surface area contributed by atoms with Crippen molar-refractivity contribution in [2.75, 3.05) is 52.7 Å². The lowest BCUT2D eigenvalue weighted by molar-refractivity contribution is -0.251. The Kier molecular flexibility index (Phi) is 41.9. The van der Waals surface area contributed by atoms with Crippen molar-refractivity contribution in [2.24, 2.45) is 0 Å². The number of nitrogens with zero attached hydrogens (tertiary/aromatic N) is 2. The molecule has 6 rings (SSSR count). The smallest absolute Gasteiger partial charge is 0.306 e. The number of benzene rings is 2. The first-order chi connectivity index (χ1) is 52.2. The molecule has 624 valence electrons. The summed E-state index contributed by atoms with van der Waals surface area (Å²) in [6.45, 7) is 33.5. The molecule has 4 fully saturated rings. The average Bonchev–Trinajstić information content (AvgIpc) is 1.61. The highest BCUT2D eigenvalue weighted by atomic mass is 16.8. The molecule has 2 aromatic rings. The Morgan fingerprint density at radius 2 is 0.624 bits per heavy atom. The Balaban J connectivity index is 1.05. The quantitative estimate of drug-likeness (QED) is 0.0348. The van der Waals surface area contributed by atoms with Gasteiger partial charge in [0, 0.05) is 92.0 Å². The van der Waals surface area contributed by atoms with Gasteiger partial charge in [0.15, 0.2) is 11.6 Å². The van der Waals surface area contributed by atoms with Crippen LogP contribution in [0.2, 0.25) is 0 Å². The maximum absolute atomic E-state index is 13.8. The van der Waals surface area contributed by atoms with E-state index in [0.29, 0.717) is 89.2 Å². The summed E-state index contributed by atoms with van der Waals surface area (Å²) < 4.78 is 64.4. The fraction of sp³-hybridized carbons (Fsp3) is 0.828. The van der Waals surface area contributed by atoms with Crippen LogP contribution >= 0.6 is 0 Å². The van der Waals surface area contributed by atoms with Gasteiger partial charge in [0.1, 0.15) is 62.3 Å². The molecular weight excluding hydrogens is 1370 g/mol. The zero-order valence-corrected chi connectivity index (χ0v) is 71.8. The van der Waals surface area contributed by atoms with E-state index in [4.69, 9.17) is 47.4 Å².